The van der Waals surface area contributed by atoms with Gasteiger partial charge in [0.1, 0.15) is 30.7 Å². The van der Waals surface area contributed by atoms with Crippen LogP contribution in [-0.4, -0.2) is 37.7 Å². The number of hydrogen-bond donors (Lipinski definition) is 0. The van der Waals surface area contributed by atoms with E-state index >= 15 is 0 Å². The molecule has 0 radical (unpaired) electrons. The molecule has 0 N–H and O–H groups in total. The number of carboxylic acid groups (broad SMARTS) is 1. The number of rotatable bonds is 10. The van der Waals surface area contributed by atoms with E-state index in [0.29, 0.717) is 5.75 Å². The Kier molecular flexibility index (Phi) is 8.82. The predicted octanol–water partition coefficient (Wildman–Crippen LogP) is 3.54. The van der Waals surface area contributed by atoms with Crippen molar-refractivity contribution in [2.24, 2.45) is 0 Å². The largest absolute Gasteiger partial charge is 0.544 e. The molecule has 0 heterocycles. The van der Waals surface area contributed by atoms with Gasteiger partial charge in [0, 0.05) is 0 Å². The number of benzene rings is 2. The first-order valence-corrected chi connectivity index (χ1v) is 10.5. The lowest BCUT2D eigenvalue weighted by molar-refractivity contribution is -0.331. The summed E-state index contributed by atoms with van der Waals surface area (Å²) in [6.45, 7) is 2.65. The van der Waals surface area contributed by atoms with Gasteiger partial charge in [-0.25, -0.2) is 4.79 Å². The van der Waals surface area contributed by atoms with Crippen molar-refractivity contribution in [2.75, 3.05) is 19.8 Å². The zero-order valence-corrected chi connectivity index (χ0v) is 19.6. The Hall–Kier alpha value is -1.96. The molecule has 0 amide bonds. The smallest absolute Gasteiger partial charge is 0.338 e. The number of carbonyl (C=O) groups excluding carboxylic acids is 2. The summed E-state index contributed by atoms with van der Waals surface area (Å²) in [6, 6.07) is 9.45. The Morgan fingerprint density at radius 1 is 1.07 bits per heavy atom. The molecule has 0 aliphatic heterocycles. The molecule has 2 aromatic carbocycles. The minimum atomic E-state index is -4.25. The van der Waals surface area contributed by atoms with E-state index in [1.165, 1.54) is 24.3 Å². The highest BCUT2D eigenvalue weighted by Gasteiger charge is 2.33. The van der Waals surface area contributed by atoms with Gasteiger partial charge in [-0.15, -0.1) is 0 Å². The van der Waals surface area contributed by atoms with Crippen LogP contribution in [0.3, 0.4) is 0 Å². The summed E-state index contributed by atoms with van der Waals surface area (Å²) in [6.07, 6.45) is 1.76. The number of aliphatic carboxylic acids is 1. The SMILES string of the molecule is C=Cc1cc(I)c(OCCOc2ccc(C(=O)OCC(F)(F)C(=O)[O-])cc2)c(I)c1. The zero-order chi connectivity index (χ0) is 22.3. The Balaban J connectivity index is 1.83. The summed E-state index contributed by atoms with van der Waals surface area (Å²) in [5.74, 6) is -6.76. The van der Waals surface area contributed by atoms with Gasteiger partial charge in [0.15, 0.2) is 6.61 Å². The molecule has 0 fully saturated rings. The van der Waals surface area contributed by atoms with Crippen LogP contribution in [-0.2, 0) is 9.53 Å². The van der Waals surface area contributed by atoms with E-state index in [1.54, 1.807) is 6.08 Å². The first kappa shape index (κ1) is 24.3. The summed E-state index contributed by atoms with van der Waals surface area (Å²) in [5, 5.41) is 10.2. The van der Waals surface area contributed by atoms with Crippen LogP contribution in [0.5, 0.6) is 11.5 Å². The topological polar surface area (TPSA) is 84.9 Å². The maximum absolute atomic E-state index is 12.9. The lowest BCUT2D eigenvalue weighted by Gasteiger charge is -2.16. The minimum absolute atomic E-state index is 0.0286. The second-order valence-corrected chi connectivity index (χ2v) is 8.13. The maximum Gasteiger partial charge on any atom is 0.338 e. The van der Waals surface area contributed by atoms with Crippen molar-refractivity contribution < 1.29 is 37.7 Å². The summed E-state index contributed by atoms with van der Waals surface area (Å²) < 4.78 is 43.3. The zero-order valence-electron chi connectivity index (χ0n) is 15.3. The van der Waals surface area contributed by atoms with E-state index < -0.39 is 24.5 Å². The van der Waals surface area contributed by atoms with Gasteiger partial charge in [-0.2, -0.15) is 8.78 Å². The van der Waals surface area contributed by atoms with Gasteiger partial charge >= 0.3 is 11.9 Å². The van der Waals surface area contributed by atoms with Gasteiger partial charge in [-0.3, -0.25) is 0 Å². The Labute approximate surface area is 198 Å². The third kappa shape index (κ3) is 6.79. The number of esters is 1. The number of ether oxygens (including phenoxy) is 3. The second-order valence-electron chi connectivity index (χ2n) is 5.81. The summed E-state index contributed by atoms with van der Waals surface area (Å²) in [5.41, 5.74) is 0.966. The predicted molar refractivity (Wildman–Crippen MR) is 120 cm³/mol. The molecular weight excluding hydrogens is 628 g/mol. The van der Waals surface area contributed by atoms with Crippen LogP contribution in [0.15, 0.2) is 43.0 Å². The van der Waals surface area contributed by atoms with Crippen LogP contribution in [0.25, 0.3) is 6.08 Å². The molecule has 0 spiro atoms. The number of carboxylic acids is 1. The van der Waals surface area contributed by atoms with Crippen molar-refractivity contribution in [3.63, 3.8) is 0 Å². The minimum Gasteiger partial charge on any atom is -0.544 e. The lowest BCUT2D eigenvalue weighted by Crippen LogP contribution is -2.45. The quantitative estimate of drug-likeness (QED) is 0.224. The Bertz CT molecular complexity index is 908. The number of alkyl halides is 2. The molecule has 10 heteroatoms. The van der Waals surface area contributed by atoms with Crippen molar-refractivity contribution >= 4 is 63.2 Å². The van der Waals surface area contributed by atoms with Crippen molar-refractivity contribution in [3.05, 3.63) is 61.2 Å². The van der Waals surface area contributed by atoms with Crippen LogP contribution < -0.4 is 14.6 Å². The van der Waals surface area contributed by atoms with Gasteiger partial charge in [0.25, 0.3) is 0 Å². The number of carbonyl (C=O) groups is 2. The molecular formula is C20H15F2I2O6-. The van der Waals surface area contributed by atoms with Gasteiger partial charge in [0.2, 0.25) is 0 Å². The summed E-state index contributed by atoms with van der Waals surface area (Å²) in [7, 11) is 0. The molecule has 0 bridgehead atoms. The molecule has 0 aliphatic rings. The van der Waals surface area contributed by atoms with E-state index in [4.69, 9.17) is 9.47 Å². The standard InChI is InChI=1S/C20H16F2I2O6/c1-2-12-9-15(23)17(16(24)10-12)29-8-7-28-14-5-3-13(4-6-14)18(25)30-11-20(21,22)19(26)27/h2-6,9-10H,1,7-8,11H2,(H,26,27)/p-1. The van der Waals surface area contributed by atoms with E-state index in [2.05, 4.69) is 56.5 Å². The fourth-order valence-corrected chi connectivity index (χ4v) is 4.25. The van der Waals surface area contributed by atoms with Gasteiger partial charge in [-0.05, 0) is 87.1 Å². The number of hydrogen-bond acceptors (Lipinski definition) is 6. The highest BCUT2D eigenvalue weighted by molar-refractivity contribution is 14.1. The molecule has 0 atom stereocenters. The third-order valence-electron chi connectivity index (χ3n) is 3.63. The van der Waals surface area contributed by atoms with Gasteiger partial charge in [-0.1, -0.05) is 12.7 Å². The van der Waals surface area contributed by atoms with Crippen molar-refractivity contribution in [3.8, 4) is 11.5 Å². The first-order chi connectivity index (χ1) is 14.1. The molecule has 0 aromatic heterocycles. The van der Waals surface area contributed by atoms with E-state index in [-0.39, 0.29) is 18.8 Å². The highest BCUT2D eigenvalue weighted by atomic mass is 127. The van der Waals surface area contributed by atoms with Crippen LogP contribution in [0.1, 0.15) is 15.9 Å². The van der Waals surface area contributed by atoms with Gasteiger partial charge in [0.05, 0.1) is 12.7 Å². The van der Waals surface area contributed by atoms with Gasteiger partial charge < -0.3 is 24.1 Å². The number of halogens is 4. The Morgan fingerprint density at radius 3 is 2.17 bits per heavy atom. The van der Waals surface area contributed by atoms with Crippen LogP contribution in [0.2, 0.25) is 0 Å². The molecule has 160 valence electrons. The van der Waals surface area contributed by atoms with Crippen molar-refractivity contribution in [1.29, 1.82) is 0 Å². The summed E-state index contributed by atoms with van der Waals surface area (Å²) >= 11 is 4.36. The molecule has 6 nitrogen and oxygen atoms in total. The van der Waals surface area contributed by atoms with Crippen LogP contribution in [0, 0.1) is 7.14 Å². The van der Waals surface area contributed by atoms with E-state index in [1.807, 2.05) is 12.1 Å². The molecule has 30 heavy (non-hydrogen) atoms. The van der Waals surface area contributed by atoms with Crippen LogP contribution in [0.4, 0.5) is 8.78 Å². The fourth-order valence-electron chi connectivity index (χ4n) is 2.12. The highest BCUT2D eigenvalue weighted by Crippen LogP contribution is 2.29. The average Bonchev–Trinajstić information content (AvgIpc) is 2.71. The van der Waals surface area contributed by atoms with E-state index in [0.717, 1.165) is 18.5 Å². The molecule has 0 unspecified atom stereocenters. The molecule has 0 saturated heterocycles. The molecule has 2 rings (SSSR count). The fraction of sp³-hybridized carbons (Fsp3) is 0.200. The normalized spacial score (nSPS) is 10.9. The monoisotopic (exact) mass is 643 g/mol. The Morgan fingerprint density at radius 2 is 1.63 bits per heavy atom. The molecule has 2 aromatic rings. The first-order valence-electron chi connectivity index (χ1n) is 8.37. The van der Waals surface area contributed by atoms with E-state index in [9.17, 15) is 23.5 Å². The third-order valence-corrected chi connectivity index (χ3v) is 5.23. The summed E-state index contributed by atoms with van der Waals surface area (Å²) in [4.78, 5) is 21.9. The van der Waals surface area contributed by atoms with Crippen molar-refractivity contribution in [2.45, 2.75) is 5.92 Å². The van der Waals surface area contributed by atoms with Crippen LogP contribution >= 0.6 is 45.2 Å². The van der Waals surface area contributed by atoms with Crippen molar-refractivity contribution in [1.82, 2.24) is 0 Å². The average molecular weight is 643 g/mol. The maximum atomic E-state index is 12.9. The molecule has 0 aliphatic carbocycles. The second kappa shape index (κ2) is 10.9. The molecule has 0 saturated carbocycles. The lowest BCUT2D eigenvalue weighted by atomic mass is 10.2.